The minimum atomic E-state index is 0.0629. The van der Waals surface area contributed by atoms with E-state index in [1.807, 2.05) is 26.0 Å². The molecule has 0 aliphatic carbocycles. The molecule has 1 aromatic carbocycles. The molecule has 0 aromatic heterocycles. The van der Waals surface area contributed by atoms with Crippen LogP contribution < -0.4 is 0 Å². The van der Waals surface area contributed by atoms with Gasteiger partial charge in [0.05, 0.1) is 13.2 Å². The van der Waals surface area contributed by atoms with Crippen LogP contribution >= 0.6 is 0 Å². The number of benzene rings is 1. The van der Waals surface area contributed by atoms with Gasteiger partial charge in [-0.2, -0.15) is 0 Å². The van der Waals surface area contributed by atoms with Crippen LogP contribution in [0.4, 0.5) is 0 Å². The summed E-state index contributed by atoms with van der Waals surface area (Å²) in [6.45, 7) is 4.02. The monoisotopic (exact) mass is 166 g/mol. The van der Waals surface area contributed by atoms with Gasteiger partial charge in [0.25, 0.3) is 0 Å². The summed E-state index contributed by atoms with van der Waals surface area (Å²) in [4.78, 5) is 0. The fraction of sp³-hybridized carbons (Fsp3) is 0.400. The van der Waals surface area contributed by atoms with E-state index >= 15 is 0 Å². The second-order valence-corrected chi connectivity index (χ2v) is 3.02. The van der Waals surface area contributed by atoms with Gasteiger partial charge < -0.3 is 10.2 Å². The summed E-state index contributed by atoms with van der Waals surface area (Å²) in [6.07, 6.45) is 0. The summed E-state index contributed by atoms with van der Waals surface area (Å²) >= 11 is 0. The highest BCUT2D eigenvalue weighted by molar-refractivity contribution is 5.37. The van der Waals surface area contributed by atoms with Crippen LogP contribution in [0.3, 0.4) is 0 Å². The smallest absolute Gasteiger partial charge is 0.0686 e. The second kappa shape index (κ2) is 3.70. The quantitative estimate of drug-likeness (QED) is 0.695. The van der Waals surface area contributed by atoms with Gasteiger partial charge in [0.1, 0.15) is 0 Å². The summed E-state index contributed by atoms with van der Waals surface area (Å²) in [7, 11) is 0. The van der Waals surface area contributed by atoms with Crippen molar-refractivity contribution in [3.05, 3.63) is 34.4 Å². The SMILES string of the molecule is Cc1cc(CO)cc(C)c1CO. The van der Waals surface area contributed by atoms with Gasteiger partial charge in [-0.3, -0.25) is 0 Å². The Hall–Kier alpha value is -0.860. The standard InChI is InChI=1S/C10H14O2/c1-7-3-9(5-11)4-8(2)10(7)6-12/h3-4,11-12H,5-6H2,1-2H3. The maximum atomic E-state index is 9.00. The number of hydrogen-bond donors (Lipinski definition) is 2. The van der Waals surface area contributed by atoms with Crippen LogP contribution in [0.5, 0.6) is 0 Å². The van der Waals surface area contributed by atoms with Crippen molar-refractivity contribution in [3.8, 4) is 0 Å². The number of aliphatic hydroxyl groups excluding tert-OH is 2. The van der Waals surface area contributed by atoms with Crippen molar-refractivity contribution in [2.24, 2.45) is 0 Å². The average molecular weight is 166 g/mol. The first-order valence-corrected chi connectivity index (χ1v) is 3.99. The van der Waals surface area contributed by atoms with Crippen molar-refractivity contribution < 1.29 is 10.2 Å². The molecule has 0 radical (unpaired) electrons. The topological polar surface area (TPSA) is 40.5 Å². The van der Waals surface area contributed by atoms with Gasteiger partial charge in [0.15, 0.2) is 0 Å². The number of aliphatic hydroxyl groups is 2. The number of rotatable bonds is 2. The predicted molar refractivity (Wildman–Crippen MR) is 47.8 cm³/mol. The van der Waals surface area contributed by atoms with E-state index in [9.17, 15) is 0 Å². The molecule has 0 aliphatic heterocycles. The molecule has 0 aliphatic rings. The zero-order valence-corrected chi connectivity index (χ0v) is 7.46. The van der Waals surface area contributed by atoms with Crippen LogP contribution in [0.25, 0.3) is 0 Å². The molecule has 2 nitrogen and oxygen atoms in total. The van der Waals surface area contributed by atoms with Crippen molar-refractivity contribution >= 4 is 0 Å². The largest absolute Gasteiger partial charge is 0.392 e. The van der Waals surface area contributed by atoms with Crippen LogP contribution in [0.2, 0.25) is 0 Å². The Morgan fingerprint density at radius 2 is 1.50 bits per heavy atom. The molecule has 0 saturated carbocycles. The molecule has 2 heteroatoms. The molecule has 0 heterocycles. The lowest BCUT2D eigenvalue weighted by molar-refractivity contribution is 0.276. The summed E-state index contributed by atoms with van der Waals surface area (Å²) < 4.78 is 0. The second-order valence-electron chi connectivity index (χ2n) is 3.02. The first-order chi connectivity index (χ1) is 5.69. The molecule has 0 amide bonds. The van der Waals surface area contributed by atoms with E-state index in [1.54, 1.807) is 0 Å². The van der Waals surface area contributed by atoms with E-state index in [0.717, 1.165) is 22.3 Å². The van der Waals surface area contributed by atoms with Crippen LogP contribution in [0.1, 0.15) is 22.3 Å². The van der Waals surface area contributed by atoms with Crippen LogP contribution in [-0.2, 0) is 13.2 Å². The van der Waals surface area contributed by atoms with E-state index in [2.05, 4.69) is 0 Å². The zero-order chi connectivity index (χ0) is 9.14. The summed E-state index contributed by atoms with van der Waals surface area (Å²) in [5, 5.41) is 17.9. The van der Waals surface area contributed by atoms with Gasteiger partial charge >= 0.3 is 0 Å². The third-order valence-corrected chi connectivity index (χ3v) is 2.10. The van der Waals surface area contributed by atoms with Crippen molar-refractivity contribution in [2.45, 2.75) is 27.1 Å². The first kappa shape index (κ1) is 9.23. The molecule has 0 bridgehead atoms. The third-order valence-electron chi connectivity index (χ3n) is 2.10. The fourth-order valence-electron chi connectivity index (χ4n) is 1.42. The normalized spacial score (nSPS) is 10.3. The molecule has 2 N–H and O–H groups in total. The van der Waals surface area contributed by atoms with Gasteiger partial charge in [0, 0.05) is 0 Å². The van der Waals surface area contributed by atoms with E-state index in [4.69, 9.17) is 10.2 Å². The summed E-state index contributed by atoms with van der Waals surface area (Å²) in [5.74, 6) is 0. The predicted octanol–water partition coefficient (Wildman–Crippen LogP) is 1.29. The van der Waals surface area contributed by atoms with Crippen molar-refractivity contribution in [3.63, 3.8) is 0 Å². The molecule has 1 rings (SSSR count). The fourth-order valence-corrected chi connectivity index (χ4v) is 1.42. The zero-order valence-electron chi connectivity index (χ0n) is 7.46. The highest BCUT2D eigenvalue weighted by atomic mass is 16.3. The molecule has 0 atom stereocenters. The Morgan fingerprint density at radius 3 is 1.83 bits per heavy atom. The maximum Gasteiger partial charge on any atom is 0.0686 e. The molecule has 1 aromatic rings. The van der Waals surface area contributed by atoms with E-state index < -0.39 is 0 Å². The number of hydrogen-bond acceptors (Lipinski definition) is 2. The van der Waals surface area contributed by atoms with Crippen molar-refractivity contribution in [2.75, 3.05) is 0 Å². The first-order valence-electron chi connectivity index (χ1n) is 3.99. The average Bonchev–Trinajstić information content (AvgIpc) is 2.03. The molecular formula is C10H14O2. The molecule has 0 unspecified atom stereocenters. The van der Waals surface area contributed by atoms with Gasteiger partial charge in [-0.1, -0.05) is 12.1 Å². The molecule has 12 heavy (non-hydrogen) atoms. The summed E-state index contributed by atoms with van der Waals surface area (Å²) in [6, 6.07) is 3.80. The Bertz CT molecular complexity index is 256. The lowest BCUT2D eigenvalue weighted by Gasteiger charge is -2.08. The van der Waals surface area contributed by atoms with Gasteiger partial charge in [-0.05, 0) is 36.1 Å². The van der Waals surface area contributed by atoms with Crippen LogP contribution in [-0.4, -0.2) is 10.2 Å². The van der Waals surface area contributed by atoms with E-state index in [-0.39, 0.29) is 13.2 Å². The Labute approximate surface area is 72.5 Å². The minimum absolute atomic E-state index is 0.0629. The summed E-state index contributed by atoms with van der Waals surface area (Å²) in [5.41, 5.74) is 3.96. The van der Waals surface area contributed by atoms with Gasteiger partial charge in [-0.15, -0.1) is 0 Å². The number of aryl methyl sites for hydroxylation is 2. The highest BCUT2D eigenvalue weighted by Gasteiger charge is 2.02. The van der Waals surface area contributed by atoms with Crippen LogP contribution in [0.15, 0.2) is 12.1 Å². The maximum absolute atomic E-state index is 9.00. The lowest BCUT2D eigenvalue weighted by atomic mass is 10.0. The Kier molecular flexibility index (Phi) is 2.84. The van der Waals surface area contributed by atoms with Gasteiger partial charge in [0.2, 0.25) is 0 Å². The lowest BCUT2D eigenvalue weighted by Crippen LogP contribution is -1.96. The minimum Gasteiger partial charge on any atom is -0.392 e. The Balaban J connectivity index is 3.18. The van der Waals surface area contributed by atoms with Gasteiger partial charge in [-0.25, -0.2) is 0 Å². The van der Waals surface area contributed by atoms with Crippen molar-refractivity contribution in [1.29, 1.82) is 0 Å². The molecule has 0 spiro atoms. The van der Waals surface area contributed by atoms with Crippen LogP contribution in [0, 0.1) is 13.8 Å². The van der Waals surface area contributed by atoms with Crippen molar-refractivity contribution in [1.82, 2.24) is 0 Å². The Morgan fingerprint density at radius 1 is 1.00 bits per heavy atom. The molecule has 66 valence electrons. The molecule has 0 saturated heterocycles. The third kappa shape index (κ3) is 1.65. The van der Waals surface area contributed by atoms with E-state index in [1.165, 1.54) is 0 Å². The van der Waals surface area contributed by atoms with E-state index in [0.29, 0.717) is 0 Å². The molecule has 0 fully saturated rings. The highest BCUT2D eigenvalue weighted by Crippen LogP contribution is 2.16. The molecular weight excluding hydrogens is 152 g/mol.